The Hall–Kier alpha value is -3.46. The first kappa shape index (κ1) is 29.6. The summed E-state index contributed by atoms with van der Waals surface area (Å²) >= 11 is 12.5. The predicted octanol–water partition coefficient (Wildman–Crippen LogP) is 6.72. The molecule has 0 spiro atoms. The molecule has 1 unspecified atom stereocenters. The molecule has 3 fully saturated rings. The number of nitrogens with zero attached hydrogens (tertiary/aromatic N) is 2. The number of carbonyl (C=O) groups is 3. The fraction of sp³-hybridized carbons (Fsp3) is 0.364. The van der Waals surface area contributed by atoms with Crippen LogP contribution in [0.25, 0.3) is 0 Å². The summed E-state index contributed by atoms with van der Waals surface area (Å²) in [5.41, 5.74) is 0.804. The van der Waals surface area contributed by atoms with Crippen LogP contribution < -0.4 is 15.5 Å². The normalized spacial score (nSPS) is 25.4. The van der Waals surface area contributed by atoms with Crippen molar-refractivity contribution in [1.82, 2.24) is 4.90 Å². The molecule has 1 saturated carbocycles. The number of hydrogen-bond acceptors (Lipinski definition) is 4. The molecule has 3 aliphatic rings. The third kappa shape index (κ3) is 5.52. The van der Waals surface area contributed by atoms with Gasteiger partial charge in [0.2, 0.25) is 17.7 Å². The first-order valence-corrected chi connectivity index (χ1v) is 15.3. The van der Waals surface area contributed by atoms with Crippen molar-refractivity contribution in [3.8, 4) is 0 Å². The number of anilines is 3. The van der Waals surface area contributed by atoms with Gasteiger partial charge in [-0.1, -0.05) is 41.4 Å². The van der Waals surface area contributed by atoms with E-state index in [1.165, 1.54) is 13.0 Å². The zero-order valence-corrected chi connectivity index (χ0v) is 25.5. The molecule has 2 saturated heterocycles. The van der Waals surface area contributed by atoms with Gasteiger partial charge in [-0.3, -0.25) is 19.3 Å². The van der Waals surface area contributed by atoms with Gasteiger partial charge in [0.05, 0.1) is 10.9 Å². The Morgan fingerprint density at radius 1 is 0.977 bits per heavy atom. The Bertz CT molecular complexity index is 1580. The van der Waals surface area contributed by atoms with Crippen LogP contribution in [0.2, 0.25) is 10.0 Å². The Labute approximate surface area is 260 Å². The molecule has 1 aliphatic carbocycles. The van der Waals surface area contributed by atoms with Crippen LogP contribution in [0.5, 0.6) is 0 Å². The van der Waals surface area contributed by atoms with Crippen LogP contribution in [0.4, 0.5) is 21.5 Å². The standard InChI is InChI=1S/C33H33Cl2FN4O3/c1-19(41)37-22-11-13-24(14-12-22)39-16-15-27-28(31(39)42)29(25-7-4-8-26(35)30(25)36)33(2,40(27)18-20-9-10-20)32(43)38-23-6-3-5-21(34)17-23/h3-8,11-14,17,20,27-29H,9-10,15-16,18H2,1-2H3,(H,37,41)(H,38,43)/t27-,28+,29?,33+/m0/s1. The van der Waals surface area contributed by atoms with E-state index in [4.69, 9.17) is 23.2 Å². The monoisotopic (exact) mass is 622 g/mol. The second-order valence-electron chi connectivity index (χ2n) is 11.9. The lowest BCUT2D eigenvalue weighted by atomic mass is 9.72. The SMILES string of the molecule is CC(=O)Nc1ccc(N2CC[C@H]3[C@@H](C2=O)C(c2cccc(Cl)c2F)[C@](C)(C(=O)Nc2cccc(Cl)c2)N3CC2CC2)cc1. The maximum atomic E-state index is 15.9. The van der Waals surface area contributed by atoms with Crippen LogP contribution >= 0.6 is 23.2 Å². The molecule has 43 heavy (non-hydrogen) atoms. The highest BCUT2D eigenvalue weighted by atomic mass is 35.5. The summed E-state index contributed by atoms with van der Waals surface area (Å²) in [7, 11) is 0. The van der Waals surface area contributed by atoms with Gasteiger partial charge in [-0.2, -0.15) is 0 Å². The van der Waals surface area contributed by atoms with E-state index < -0.39 is 23.2 Å². The molecule has 3 aromatic carbocycles. The average Bonchev–Trinajstić information content (AvgIpc) is 3.75. The molecule has 2 aliphatic heterocycles. The zero-order chi connectivity index (χ0) is 30.5. The Kier molecular flexibility index (Phi) is 7.96. The summed E-state index contributed by atoms with van der Waals surface area (Å²) in [6.45, 7) is 4.35. The molecule has 0 radical (unpaired) electrons. The summed E-state index contributed by atoms with van der Waals surface area (Å²) in [4.78, 5) is 44.4. The molecule has 10 heteroatoms. The summed E-state index contributed by atoms with van der Waals surface area (Å²) in [5.74, 6) is -2.41. The lowest BCUT2D eigenvalue weighted by molar-refractivity contribution is -0.127. The Balaban J connectivity index is 1.44. The van der Waals surface area contributed by atoms with Crippen molar-refractivity contribution in [2.24, 2.45) is 11.8 Å². The van der Waals surface area contributed by atoms with E-state index in [0.29, 0.717) is 47.5 Å². The second kappa shape index (κ2) is 11.6. The number of amides is 3. The first-order valence-electron chi connectivity index (χ1n) is 14.5. The summed E-state index contributed by atoms with van der Waals surface area (Å²) < 4.78 is 15.9. The minimum absolute atomic E-state index is 0.0547. The Morgan fingerprint density at radius 3 is 2.37 bits per heavy atom. The van der Waals surface area contributed by atoms with E-state index >= 15 is 4.39 Å². The van der Waals surface area contributed by atoms with E-state index in [1.807, 2.05) is 6.92 Å². The Morgan fingerprint density at radius 2 is 1.70 bits per heavy atom. The number of likely N-dealkylation sites (tertiary alicyclic amines) is 1. The van der Waals surface area contributed by atoms with E-state index in [0.717, 1.165) is 12.8 Å². The number of benzene rings is 3. The molecule has 2 heterocycles. The van der Waals surface area contributed by atoms with Gasteiger partial charge in [0.25, 0.3) is 0 Å². The molecule has 224 valence electrons. The molecule has 7 nitrogen and oxygen atoms in total. The van der Waals surface area contributed by atoms with E-state index in [-0.39, 0.29) is 34.3 Å². The third-order valence-corrected chi connectivity index (χ3v) is 9.61. The van der Waals surface area contributed by atoms with Crippen LogP contribution in [0.1, 0.15) is 44.6 Å². The van der Waals surface area contributed by atoms with Crippen LogP contribution in [-0.4, -0.2) is 47.3 Å². The van der Waals surface area contributed by atoms with Crippen molar-refractivity contribution in [2.75, 3.05) is 28.6 Å². The van der Waals surface area contributed by atoms with Crippen molar-refractivity contribution in [3.05, 3.63) is 88.2 Å². The molecule has 0 aromatic heterocycles. The highest BCUT2D eigenvalue weighted by Gasteiger charge is 2.65. The molecule has 6 rings (SSSR count). The van der Waals surface area contributed by atoms with Crippen LogP contribution in [0.15, 0.2) is 66.7 Å². The average molecular weight is 624 g/mol. The summed E-state index contributed by atoms with van der Waals surface area (Å²) in [6.07, 6.45) is 2.71. The van der Waals surface area contributed by atoms with Gasteiger partial charge < -0.3 is 15.5 Å². The fourth-order valence-electron chi connectivity index (χ4n) is 6.92. The van der Waals surface area contributed by atoms with Crippen molar-refractivity contribution in [3.63, 3.8) is 0 Å². The van der Waals surface area contributed by atoms with Gasteiger partial charge in [0.1, 0.15) is 11.4 Å². The first-order chi connectivity index (χ1) is 20.6. The molecule has 3 amide bonds. The van der Waals surface area contributed by atoms with E-state index in [1.54, 1.807) is 65.6 Å². The van der Waals surface area contributed by atoms with Gasteiger partial charge in [0, 0.05) is 54.1 Å². The van der Waals surface area contributed by atoms with Crippen molar-refractivity contribution in [2.45, 2.75) is 50.6 Å². The molecular formula is C33H33Cl2FN4O3. The molecule has 2 N–H and O–H groups in total. The number of carbonyl (C=O) groups excluding carboxylic acids is 3. The molecule has 4 atom stereocenters. The molecular weight excluding hydrogens is 590 g/mol. The highest BCUT2D eigenvalue weighted by Crippen LogP contribution is 2.55. The molecule has 0 bridgehead atoms. The van der Waals surface area contributed by atoms with Crippen molar-refractivity contribution >= 4 is 58.0 Å². The zero-order valence-electron chi connectivity index (χ0n) is 23.9. The summed E-state index contributed by atoms with van der Waals surface area (Å²) in [6, 6.07) is 18.5. The van der Waals surface area contributed by atoms with Gasteiger partial charge in [-0.05, 0) is 86.2 Å². The number of fused-ring (bicyclic) bond motifs is 1. The van der Waals surface area contributed by atoms with Gasteiger partial charge >= 0.3 is 0 Å². The number of rotatable bonds is 7. The molecule has 3 aromatic rings. The quantitative estimate of drug-likeness (QED) is 0.306. The third-order valence-electron chi connectivity index (χ3n) is 9.09. The summed E-state index contributed by atoms with van der Waals surface area (Å²) in [5, 5.41) is 6.20. The second-order valence-corrected chi connectivity index (χ2v) is 12.8. The predicted molar refractivity (Wildman–Crippen MR) is 167 cm³/mol. The fourth-order valence-corrected chi connectivity index (χ4v) is 7.30. The number of nitrogens with one attached hydrogen (secondary N) is 2. The van der Waals surface area contributed by atoms with E-state index in [9.17, 15) is 14.4 Å². The van der Waals surface area contributed by atoms with Crippen LogP contribution in [-0.2, 0) is 14.4 Å². The maximum Gasteiger partial charge on any atom is 0.245 e. The minimum atomic E-state index is -1.27. The lowest BCUT2D eigenvalue weighted by Crippen LogP contribution is -2.56. The smallest absolute Gasteiger partial charge is 0.245 e. The largest absolute Gasteiger partial charge is 0.326 e. The number of piperidine rings is 1. The van der Waals surface area contributed by atoms with Crippen molar-refractivity contribution in [1.29, 1.82) is 0 Å². The highest BCUT2D eigenvalue weighted by molar-refractivity contribution is 6.31. The number of halogens is 3. The van der Waals surface area contributed by atoms with E-state index in [2.05, 4.69) is 15.5 Å². The maximum absolute atomic E-state index is 15.9. The van der Waals surface area contributed by atoms with Crippen LogP contribution in [0.3, 0.4) is 0 Å². The minimum Gasteiger partial charge on any atom is -0.326 e. The lowest BCUT2D eigenvalue weighted by Gasteiger charge is -2.40. The van der Waals surface area contributed by atoms with Gasteiger partial charge in [0.15, 0.2) is 0 Å². The van der Waals surface area contributed by atoms with Gasteiger partial charge in [-0.25, -0.2) is 4.39 Å². The number of hydrogen-bond donors (Lipinski definition) is 2. The van der Waals surface area contributed by atoms with Crippen LogP contribution in [0, 0.1) is 17.7 Å². The van der Waals surface area contributed by atoms with Crippen molar-refractivity contribution < 1.29 is 18.8 Å². The topological polar surface area (TPSA) is 81.8 Å². The van der Waals surface area contributed by atoms with Gasteiger partial charge in [-0.15, -0.1) is 0 Å².